The molecule has 134 valence electrons. The number of halogens is 3. The van der Waals surface area contributed by atoms with Crippen LogP contribution in [0.4, 0.5) is 0 Å². The molecule has 1 fully saturated rings. The molecule has 0 aromatic heterocycles. The summed E-state index contributed by atoms with van der Waals surface area (Å²) in [6.45, 7) is 3.03. The highest BCUT2D eigenvalue weighted by Crippen LogP contribution is 2.20. The molecule has 0 aliphatic carbocycles. The lowest BCUT2D eigenvalue weighted by Gasteiger charge is -2.35. The van der Waals surface area contributed by atoms with Gasteiger partial charge in [-0.25, -0.2) is 0 Å². The molecule has 1 heterocycles. The minimum Gasteiger partial charge on any atom is -0.339 e. The predicted octanol–water partition coefficient (Wildman–Crippen LogP) is 2.70. The van der Waals surface area contributed by atoms with Gasteiger partial charge in [0.25, 0.3) is 5.91 Å². The van der Waals surface area contributed by atoms with Crippen LogP contribution in [0.2, 0.25) is 10.0 Å². The fraction of sp³-hybridized carbons (Fsp3) is 0.500. The fourth-order valence-corrected chi connectivity index (χ4v) is 3.12. The molecular formula is C16H22Cl3N3O2. The van der Waals surface area contributed by atoms with E-state index in [-0.39, 0.29) is 24.2 Å². The lowest BCUT2D eigenvalue weighted by atomic mass is 10.1. The zero-order valence-corrected chi connectivity index (χ0v) is 15.9. The van der Waals surface area contributed by atoms with Gasteiger partial charge in [-0.1, -0.05) is 23.2 Å². The number of rotatable bonds is 5. The molecule has 0 unspecified atom stereocenters. The van der Waals surface area contributed by atoms with Crippen molar-refractivity contribution in [2.24, 2.45) is 0 Å². The number of carbonyl (C=O) groups is 2. The van der Waals surface area contributed by atoms with Gasteiger partial charge < -0.3 is 15.1 Å². The first-order chi connectivity index (χ1) is 11.0. The first-order valence-electron chi connectivity index (χ1n) is 7.69. The van der Waals surface area contributed by atoms with Gasteiger partial charge in [0, 0.05) is 48.2 Å². The normalized spacial score (nSPS) is 14.3. The van der Waals surface area contributed by atoms with Crippen molar-refractivity contribution in [2.75, 3.05) is 39.8 Å². The average molecular weight is 395 g/mol. The smallest absolute Gasteiger partial charge is 0.254 e. The van der Waals surface area contributed by atoms with Gasteiger partial charge in [-0.2, -0.15) is 0 Å². The molecule has 1 aromatic carbocycles. The van der Waals surface area contributed by atoms with Gasteiger partial charge >= 0.3 is 0 Å². The van der Waals surface area contributed by atoms with E-state index in [1.807, 2.05) is 11.9 Å². The predicted molar refractivity (Wildman–Crippen MR) is 99.4 cm³/mol. The molecule has 1 aliphatic heterocycles. The van der Waals surface area contributed by atoms with Crippen molar-refractivity contribution in [2.45, 2.75) is 12.8 Å². The summed E-state index contributed by atoms with van der Waals surface area (Å²) in [5, 5.41) is 3.92. The van der Waals surface area contributed by atoms with Crippen molar-refractivity contribution in [1.82, 2.24) is 15.1 Å². The van der Waals surface area contributed by atoms with E-state index < -0.39 is 0 Å². The number of hydrogen-bond acceptors (Lipinski definition) is 3. The van der Waals surface area contributed by atoms with Gasteiger partial charge in [-0.05, 0) is 38.2 Å². The maximum absolute atomic E-state index is 12.5. The second kappa shape index (κ2) is 10.1. The Hall–Kier alpha value is -1.01. The summed E-state index contributed by atoms with van der Waals surface area (Å²) in [7, 11) is 1.87. The SMILES string of the molecule is CNCCCC(=O)N1CCN(C(=O)c2cc(Cl)cc(Cl)c2)CC1.Cl. The third kappa shape index (κ3) is 5.81. The Morgan fingerprint density at radius 2 is 1.58 bits per heavy atom. The molecule has 5 nitrogen and oxygen atoms in total. The summed E-state index contributed by atoms with van der Waals surface area (Å²) in [5.74, 6) is 0.0508. The van der Waals surface area contributed by atoms with Crippen LogP contribution in [0.15, 0.2) is 18.2 Å². The minimum atomic E-state index is -0.100. The van der Waals surface area contributed by atoms with E-state index in [4.69, 9.17) is 23.2 Å². The van der Waals surface area contributed by atoms with Crippen molar-refractivity contribution in [3.05, 3.63) is 33.8 Å². The second-order valence-electron chi connectivity index (χ2n) is 5.54. The number of amides is 2. The van der Waals surface area contributed by atoms with Crippen LogP contribution in [0.1, 0.15) is 23.2 Å². The maximum atomic E-state index is 12.5. The van der Waals surface area contributed by atoms with E-state index in [0.717, 1.165) is 13.0 Å². The minimum absolute atomic E-state index is 0. The molecular weight excluding hydrogens is 373 g/mol. The zero-order valence-electron chi connectivity index (χ0n) is 13.6. The second-order valence-corrected chi connectivity index (χ2v) is 6.41. The topological polar surface area (TPSA) is 52.7 Å². The number of benzene rings is 1. The number of hydrogen-bond donors (Lipinski definition) is 1. The molecule has 2 rings (SSSR count). The van der Waals surface area contributed by atoms with Gasteiger partial charge in [0.2, 0.25) is 5.91 Å². The summed E-state index contributed by atoms with van der Waals surface area (Å²) in [4.78, 5) is 28.1. The molecule has 1 aliphatic rings. The number of carbonyl (C=O) groups excluding carboxylic acids is 2. The summed E-state index contributed by atoms with van der Waals surface area (Å²) >= 11 is 11.9. The largest absolute Gasteiger partial charge is 0.339 e. The van der Waals surface area contributed by atoms with E-state index in [9.17, 15) is 9.59 Å². The Kier molecular flexibility index (Phi) is 8.84. The average Bonchev–Trinajstić information content (AvgIpc) is 2.53. The Bertz CT molecular complexity index is 555. The van der Waals surface area contributed by atoms with Gasteiger partial charge in [-0.3, -0.25) is 9.59 Å². The van der Waals surface area contributed by atoms with Crippen molar-refractivity contribution in [3.8, 4) is 0 Å². The van der Waals surface area contributed by atoms with E-state index in [2.05, 4.69) is 5.32 Å². The van der Waals surface area contributed by atoms with Crippen molar-refractivity contribution in [1.29, 1.82) is 0 Å². The van der Waals surface area contributed by atoms with Gasteiger partial charge in [0.1, 0.15) is 0 Å². The molecule has 0 bridgehead atoms. The molecule has 0 radical (unpaired) electrons. The van der Waals surface area contributed by atoms with Crippen LogP contribution in [0.25, 0.3) is 0 Å². The molecule has 1 aromatic rings. The zero-order chi connectivity index (χ0) is 16.8. The number of nitrogens with zero attached hydrogens (tertiary/aromatic N) is 2. The molecule has 24 heavy (non-hydrogen) atoms. The lowest BCUT2D eigenvalue weighted by Crippen LogP contribution is -2.50. The van der Waals surface area contributed by atoms with Crippen LogP contribution in [0, 0.1) is 0 Å². The monoisotopic (exact) mass is 393 g/mol. The molecule has 2 amide bonds. The molecule has 0 atom stereocenters. The standard InChI is InChI=1S/C16H21Cl2N3O2.ClH/c1-19-4-2-3-15(22)20-5-7-21(8-6-20)16(23)12-9-13(17)11-14(18)10-12;/h9-11,19H,2-8H2,1H3;1H. The fourth-order valence-electron chi connectivity index (χ4n) is 2.59. The van der Waals surface area contributed by atoms with Crippen molar-refractivity contribution < 1.29 is 9.59 Å². The molecule has 1 N–H and O–H groups in total. The molecule has 0 spiro atoms. The van der Waals surface area contributed by atoms with E-state index in [1.54, 1.807) is 23.1 Å². The highest BCUT2D eigenvalue weighted by atomic mass is 35.5. The maximum Gasteiger partial charge on any atom is 0.254 e. The third-order valence-electron chi connectivity index (χ3n) is 3.85. The highest BCUT2D eigenvalue weighted by Gasteiger charge is 2.24. The first-order valence-corrected chi connectivity index (χ1v) is 8.44. The van der Waals surface area contributed by atoms with E-state index in [1.165, 1.54) is 0 Å². The molecule has 8 heteroatoms. The lowest BCUT2D eigenvalue weighted by molar-refractivity contribution is -0.132. The number of nitrogens with one attached hydrogen (secondary N) is 1. The first kappa shape index (κ1) is 21.0. The quantitative estimate of drug-likeness (QED) is 0.781. The van der Waals surface area contributed by atoms with Crippen LogP contribution < -0.4 is 5.32 Å². The van der Waals surface area contributed by atoms with Crippen LogP contribution in [0.3, 0.4) is 0 Å². The van der Waals surface area contributed by atoms with Gasteiger partial charge in [-0.15, -0.1) is 12.4 Å². The van der Waals surface area contributed by atoms with Crippen LogP contribution in [0.5, 0.6) is 0 Å². The summed E-state index contributed by atoms with van der Waals surface area (Å²) in [6.07, 6.45) is 1.37. The molecule has 0 saturated carbocycles. The van der Waals surface area contributed by atoms with E-state index in [0.29, 0.717) is 48.2 Å². The van der Waals surface area contributed by atoms with Crippen molar-refractivity contribution >= 4 is 47.4 Å². The summed E-state index contributed by atoms with van der Waals surface area (Å²) < 4.78 is 0. The third-order valence-corrected chi connectivity index (χ3v) is 4.28. The molecule has 1 saturated heterocycles. The van der Waals surface area contributed by atoms with Crippen LogP contribution in [-0.2, 0) is 4.79 Å². The van der Waals surface area contributed by atoms with Crippen molar-refractivity contribution in [3.63, 3.8) is 0 Å². The van der Waals surface area contributed by atoms with Gasteiger partial charge in [0.05, 0.1) is 0 Å². The Morgan fingerprint density at radius 3 is 2.12 bits per heavy atom. The highest BCUT2D eigenvalue weighted by molar-refractivity contribution is 6.35. The van der Waals surface area contributed by atoms with Crippen LogP contribution >= 0.6 is 35.6 Å². The number of piperazine rings is 1. The Labute approximate surface area is 158 Å². The van der Waals surface area contributed by atoms with Gasteiger partial charge in [0.15, 0.2) is 0 Å². The Balaban J connectivity index is 0.00000288. The summed E-state index contributed by atoms with van der Waals surface area (Å²) in [5.41, 5.74) is 0.483. The van der Waals surface area contributed by atoms with E-state index >= 15 is 0 Å². The summed E-state index contributed by atoms with van der Waals surface area (Å²) in [6, 6.07) is 4.83. The Morgan fingerprint density at radius 1 is 1.04 bits per heavy atom. The van der Waals surface area contributed by atoms with Crippen LogP contribution in [-0.4, -0.2) is 61.4 Å².